The lowest BCUT2D eigenvalue weighted by atomic mass is 10.0. The summed E-state index contributed by atoms with van der Waals surface area (Å²) in [6.45, 7) is 3.82. The summed E-state index contributed by atoms with van der Waals surface area (Å²) in [5.74, 6) is -1.14. The molecule has 1 amide bonds. The molecule has 1 aromatic heterocycles. The zero-order valence-electron chi connectivity index (χ0n) is 20.3. The highest BCUT2D eigenvalue weighted by molar-refractivity contribution is 6.54. The van der Waals surface area contributed by atoms with Crippen molar-refractivity contribution >= 4 is 46.0 Å². The maximum absolute atomic E-state index is 13.5. The number of nitrogens with one attached hydrogen (secondary N) is 1. The van der Waals surface area contributed by atoms with Crippen molar-refractivity contribution in [2.75, 3.05) is 17.0 Å². The van der Waals surface area contributed by atoms with E-state index in [1.54, 1.807) is 37.3 Å². The second kappa shape index (κ2) is 10.3. The molecule has 1 aliphatic rings. The van der Waals surface area contributed by atoms with Gasteiger partial charge in [0, 0.05) is 10.9 Å². The number of nitrogens with zero attached hydrogens (tertiary/aromatic N) is 3. The first-order valence-corrected chi connectivity index (χ1v) is 11.8. The SMILES string of the molecule is CCOC(=O)C1=NN(c2ccccc2)C(=O)/C1=C\c1coc2ccc(C)cc2/c1=N\Nc1ccccc1. The van der Waals surface area contributed by atoms with E-state index in [9.17, 15) is 9.59 Å². The number of benzene rings is 3. The lowest BCUT2D eigenvalue weighted by Crippen LogP contribution is -2.23. The number of ether oxygens (including phenoxy) is 1. The van der Waals surface area contributed by atoms with Crippen molar-refractivity contribution in [1.82, 2.24) is 0 Å². The van der Waals surface area contributed by atoms with Crippen molar-refractivity contribution in [1.29, 1.82) is 0 Å². The van der Waals surface area contributed by atoms with E-state index in [0.717, 1.165) is 16.6 Å². The van der Waals surface area contributed by atoms with Crippen LogP contribution in [0, 0.1) is 6.92 Å². The normalized spacial score (nSPS) is 14.8. The summed E-state index contributed by atoms with van der Waals surface area (Å²) >= 11 is 0. The second-order valence-corrected chi connectivity index (χ2v) is 8.31. The summed E-state index contributed by atoms with van der Waals surface area (Å²) in [6.07, 6.45) is 3.08. The van der Waals surface area contributed by atoms with E-state index in [1.807, 2.05) is 61.5 Å². The number of hydrazone groups is 1. The van der Waals surface area contributed by atoms with E-state index in [-0.39, 0.29) is 17.9 Å². The Hall–Kier alpha value is -4.98. The number of fused-ring (bicyclic) bond motifs is 1. The van der Waals surface area contributed by atoms with Crippen LogP contribution in [0.25, 0.3) is 17.0 Å². The van der Waals surface area contributed by atoms with E-state index in [4.69, 9.17) is 9.15 Å². The van der Waals surface area contributed by atoms with Crippen LogP contribution in [0.5, 0.6) is 0 Å². The molecule has 0 fully saturated rings. The highest BCUT2D eigenvalue weighted by Crippen LogP contribution is 2.25. The van der Waals surface area contributed by atoms with E-state index in [2.05, 4.69) is 15.6 Å². The predicted molar refractivity (Wildman–Crippen MR) is 143 cm³/mol. The van der Waals surface area contributed by atoms with E-state index >= 15 is 0 Å². The van der Waals surface area contributed by atoms with Crippen molar-refractivity contribution in [2.45, 2.75) is 13.8 Å². The molecule has 0 radical (unpaired) electrons. The Labute approximate surface area is 213 Å². The molecule has 184 valence electrons. The Kier molecular flexibility index (Phi) is 6.63. The molecule has 2 heterocycles. The zero-order chi connectivity index (χ0) is 25.8. The van der Waals surface area contributed by atoms with Crippen LogP contribution in [-0.4, -0.2) is 24.2 Å². The van der Waals surface area contributed by atoms with Gasteiger partial charge >= 0.3 is 5.97 Å². The Morgan fingerprint density at radius 1 is 1.08 bits per heavy atom. The van der Waals surface area contributed by atoms with E-state index < -0.39 is 11.9 Å². The van der Waals surface area contributed by atoms with Gasteiger partial charge in [-0.3, -0.25) is 10.2 Å². The lowest BCUT2D eigenvalue weighted by Gasteiger charge is -2.11. The third-order valence-corrected chi connectivity index (χ3v) is 5.69. The van der Waals surface area contributed by atoms with E-state index in [0.29, 0.717) is 22.2 Å². The molecule has 4 aromatic rings. The molecular formula is C29H24N4O4. The number of hydrogen-bond acceptors (Lipinski definition) is 7. The molecule has 3 aromatic carbocycles. The molecule has 0 unspecified atom stereocenters. The molecule has 1 aliphatic heterocycles. The Morgan fingerprint density at radius 3 is 2.54 bits per heavy atom. The third kappa shape index (κ3) is 4.90. The van der Waals surface area contributed by atoms with Gasteiger partial charge in [-0.2, -0.15) is 15.2 Å². The van der Waals surface area contributed by atoms with Crippen molar-refractivity contribution in [3.8, 4) is 0 Å². The number of carbonyl (C=O) groups excluding carboxylic acids is 2. The van der Waals surface area contributed by atoms with Crippen LogP contribution in [0.15, 0.2) is 105 Å². The van der Waals surface area contributed by atoms with Crippen LogP contribution < -0.4 is 15.8 Å². The summed E-state index contributed by atoms with van der Waals surface area (Å²) in [5, 5.41) is 11.5. The van der Waals surface area contributed by atoms with Crippen molar-refractivity contribution < 1.29 is 18.7 Å². The third-order valence-electron chi connectivity index (χ3n) is 5.69. The van der Waals surface area contributed by atoms with Gasteiger partial charge in [0.1, 0.15) is 17.2 Å². The minimum Gasteiger partial charge on any atom is -0.464 e. The Balaban J connectivity index is 1.68. The molecule has 1 N–H and O–H groups in total. The average Bonchev–Trinajstić information content (AvgIpc) is 3.25. The summed E-state index contributed by atoms with van der Waals surface area (Å²) in [4.78, 5) is 26.3. The van der Waals surface area contributed by atoms with Gasteiger partial charge in [0.25, 0.3) is 5.91 Å². The van der Waals surface area contributed by atoms with Crippen LogP contribution in [-0.2, 0) is 14.3 Å². The number of hydrogen-bond donors (Lipinski definition) is 1. The topological polar surface area (TPSA) is 96.5 Å². The molecule has 8 nitrogen and oxygen atoms in total. The van der Waals surface area contributed by atoms with Gasteiger partial charge in [0.2, 0.25) is 0 Å². The first kappa shape index (κ1) is 23.7. The predicted octanol–water partition coefficient (Wildman–Crippen LogP) is 5.02. The van der Waals surface area contributed by atoms with Gasteiger partial charge in [-0.25, -0.2) is 4.79 Å². The molecule has 8 heteroatoms. The Morgan fingerprint density at radius 2 is 1.81 bits per heavy atom. The van der Waals surface area contributed by atoms with Crippen LogP contribution in [0.1, 0.15) is 18.1 Å². The van der Waals surface area contributed by atoms with E-state index in [1.165, 1.54) is 11.3 Å². The second-order valence-electron chi connectivity index (χ2n) is 8.31. The van der Waals surface area contributed by atoms with Crippen LogP contribution in [0.3, 0.4) is 0 Å². The summed E-state index contributed by atoms with van der Waals surface area (Å²) in [6, 6.07) is 24.2. The molecule has 0 aliphatic carbocycles. The van der Waals surface area contributed by atoms with Gasteiger partial charge in [-0.1, -0.05) is 48.0 Å². The van der Waals surface area contributed by atoms with Crippen LogP contribution in [0.4, 0.5) is 11.4 Å². The first-order valence-electron chi connectivity index (χ1n) is 11.8. The molecule has 0 saturated carbocycles. The van der Waals surface area contributed by atoms with Crippen LogP contribution in [0.2, 0.25) is 0 Å². The molecule has 5 rings (SSSR count). The average molecular weight is 493 g/mol. The fourth-order valence-corrected chi connectivity index (χ4v) is 3.92. The fourth-order valence-electron chi connectivity index (χ4n) is 3.92. The van der Waals surface area contributed by atoms with Gasteiger partial charge in [-0.05, 0) is 56.3 Å². The van der Waals surface area contributed by atoms with Crippen LogP contribution >= 0.6 is 0 Å². The maximum Gasteiger partial charge on any atom is 0.359 e. The molecule has 0 atom stereocenters. The fraction of sp³-hybridized carbons (Fsp3) is 0.103. The maximum atomic E-state index is 13.5. The largest absolute Gasteiger partial charge is 0.464 e. The number of para-hydroxylation sites is 2. The standard InChI is InChI=1S/C29H24N4O4/c1-3-36-29(35)27-24(28(34)33(32-27)22-12-8-5-9-13-22)17-20-18-37-25-15-14-19(2)16-23(25)26(20)31-30-21-10-6-4-7-11-21/h4-18,30H,3H2,1-2H3/b24-17-,31-26-. The smallest absolute Gasteiger partial charge is 0.359 e. The van der Waals surface area contributed by atoms with Crippen molar-refractivity contribution in [3.05, 3.63) is 107 Å². The summed E-state index contributed by atoms with van der Waals surface area (Å²) in [5.41, 5.74) is 6.55. The van der Waals surface area contributed by atoms with Crippen molar-refractivity contribution in [3.63, 3.8) is 0 Å². The van der Waals surface area contributed by atoms with Crippen molar-refractivity contribution in [2.24, 2.45) is 10.2 Å². The number of amides is 1. The zero-order valence-corrected chi connectivity index (χ0v) is 20.3. The summed E-state index contributed by atoms with van der Waals surface area (Å²) in [7, 11) is 0. The number of esters is 1. The first-order chi connectivity index (χ1) is 18.0. The van der Waals surface area contributed by atoms with Gasteiger partial charge < -0.3 is 9.15 Å². The summed E-state index contributed by atoms with van der Waals surface area (Å²) < 4.78 is 11.1. The minimum atomic E-state index is -0.685. The monoisotopic (exact) mass is 492 g/mol. The highest BCUT2D eigenvalue weighted by Gasteiger charge is 2.36. The lowest BCUT2D eigenvalue weighted by molar-refractivity contribution is -0.135. The molecule has 37 heavy (non-hydrogen) atoms. The molecule has 0 bridgehead atoms. The highest BCUT2D eigenvalue weighted by atomic mass is 16.5. The number of aryl methyl sites for hydroxylation is 1. The van der Waals surface area contributed by atoms with Gasteiger partial charge in [0.15, 0.2) is 5.71 Å². The number of anilines is 2. The molecule has 0 spiro atoms. The number of rotatable bonds is 6. The van der Waals surface area contributed by atoms with Gasteiger partial charge in [-0.15, -0.1) is 0 Å². The minimum absolute atomic E-state index is 0.0815. The molecular weight excluding hydrogens is 468 g/mol. The number of carbonyl (C=O) groups is 2. The Bertz CT molecular complexity index is 1610. The molecule has 0 saturated heterocycles. The quantitative estimate of drug-likeness (QED) is 0.232. The van der Waals surface area contributed by atoms with Gasteiger partial charge in [0.05, 0.1) is 23.6 Å².